The van der Waals surface area contributed by atoms with E-state index in [1.54, 1.807) is 36.4 Å². The van der Waals surface area contributed by atoms with Crippen molar-refractivity contribution >= 4 is 29.3 Å². The van der Waals surface area contributed by atoms with Crippen molar-refractivity contribution in [1.29, 1.82) is 0 Å². The number of hydrogen-bond donors (Lipinski definition) is 2. The summed E-state index contributed by atoms with van der Waals surface area (Å²) in [5.74, 6) is 1.07. The zero-order chi connectivity index (χ0) is 22.7. The van der Waals surface area contributed by atoms with Crippen molar-refractivity contribution in [2.24, 2.45) is 5.73 Å². The minimum atomic E-state index is -0.576. The van der Waals surface area contributed by atoms with Crippen LogP contribution in [0.25, 0.3) is 0 Å². The van der Waals surface area contributed by atoms with Crippen LogP contribution < -0.4 is 20.5 Å². The third kappa shape index (κ3) is 4.92. The molecular formula is C23H26ClN3O5. The first-order valence-electron chi connectivity index (χ1n) is 10.5. The van der Waals surface area contributed by atoms with Gasteiger partial charge in [-0.05, 0) is 67.6 Å². The largest absolute Gasteiger partial charge is 0.454 e. The van der Waals surface area contributed by atoms with Crippen molar-refractivity contribution in [1.82, 2.24) is 4.90 Å². The van der Waals surface area contributed by atoms with Crippen molar-refractivity contribution in [3.8, 4) is 11.5 Å². The molecule has 2 aromatic carbocycles. The van der Waals surface area contributed by atoms with E-state index >= 15 is 0 Å². The second-order valence-corrected chi connectivity index (χ2v) is 8.40. The van der Waals surface area contributed by atoms with E-state index in [9.17, 15) is 9.59 Å². The first-order chi connectivity index (χ1) is 15.4. The summed E-state index contributed by atoms with van der Waals surface area (Å²) in [5, 5.41) is 3.15. The average molecular weight is 460 g/mol. The van der Waals surface area contributed by atoms with E-state index in [4.69, 9.17) is 26.8 Å². The van der Waals surface area contributed by atoms with Crippen LogP contribution in [-0.4, -0.2) is 42.9 Å². The number of halogens is 1. The summed E-state index contributed by atoms with van der Waals surface area (Å²) in [4.78, 5) is 27.1. The molecule has 1 aliphatic heterocycles. The van der Waals surface area contributed by atoms with Crippen molar-refractivity contribution in [3.63, 3.8) is 0 Å². The van der Waals surface area contributed by atoms with Crippen molar-refractivity contribution in [2.45, 2.75) is 44.3 Å². The highest BCUT2D eigenvalue weighted by Gasteiger charge is 2.30. The topological polar surface area (TPSA) is 103 Å². The number of carbonyl (C=O) groups excluding carboxylic acids is 2. The van der Waals surface area contributed by atoms with E-state index in [2.05, 4.69) is 10.1 Å². The Kier molecular flexibility index (Phi) is 6.72. The molecular weight excluding hydrogens is 434 g/mol. The van der Waals surface area contributed by atoms with Gasteiger partial charge in [-0.3, -0.25) is 10.1 Å². The Balaban J connectivity index is 1.62. The Morgan fingerprint density at radius 2 is 1.88 bits per heavy atom. The summed E-state index contributed by atoms with van der Waals surface area (Å²) in [6, 6.07) is 10.5. The number of rotatable bonds is 5. The summed E-state index contributed by atoms with van der Waals surface area (Å²) < 4.78 is 15.5. The number of nitrogens with two attached hydrogens (primary N) is 1. The molecule has 1 heterocycles. The lowest BCUT2D eigenvalue weighted by Gasteiger charge is -2.36. The van der Waals surface area contributed by atoms with Gasteiger partial charge in [0.05, 0.1) is 7.11 Å². The van der Waals surface area contributed by atoms with Gasteiger partial charge in [-0.2, -0.15) is 0 Å². The summed E-state index contributed by atoms with van der Waals surface area (Å²) in [5.41, 5.74) is 7.88. The quantitative estimate of drug-likeness (QED) is 0.695. The number of benzene rings is 2. The maximum absolute atomic E-state index is 13.6. The molecule has 4 rings (SSSR count). The van der Waals surface area contributed by atoms with E-state index in [0.29, 0.717) is 34.3 Å². The van der Waals surface area contributed by atoms with Gasteiger partial charge >= 0.3 is 6.09 Å². The van der Waals surface area contributed by atoms with E-state index in [-0.39, 0.29) is 24.8 Å². The first-order valence-corrected chi connectivity index (χ1v) is 10.9. The highest BCUT2D eigenvalue weighted by atomic mass is 35.5. The van der Waals surface area contributed by atoms with Gasteiger partial charge in [0.15, 0.2) is 11.5 Å². The normalized spacial score (nSPS) is 19.3. The molecule has 32 heavy (non-hydrogen) atoms. The molecule has 2 aliphatic rings. The van der Waals surface area contributed by atoms with Gasteiger partial charge in [0.2, 0.25) is 6.79 Å². The molecule has 0 unspecified atom stereocenters. The first kappa shape index (κ1) is 22.2. The second-order valence-electron chi connectivity index (χ2n) is 7.99. The summed E-state index contributed by atoms with van der Waals surface area (Å²) in [6.45, 7) is 0.440. The number of carbonyl (C=O) groups is 2. The third-order valence-electron chi connectivity index (χ3n) is 5.88. The molecule has 1 saturated carbocycles. The molecule has 8 nitrogen and oxygen atoms in total. The van der Waals surface area contributed by atoms with Crippen LogP contribution in [-0.2, 0) is 11.3 Å². The lowest BCUT2D eigenvalue weighted by Crippen LogP contribution is -2.43. The molecule has 0 spiro atoms. The molecule has 170 valence electrons. The predicted octanol–water partition coefficient (Wildman–Crippen LogP) is 4.16. The number of methoxy groups -OCH3 is 1. The van der Waals surface area contributed by atoms with Gasteiger partial charge < -0.3 is 24.8 Å². The molecule has 9 heteroatoms. The fourth-order valence-corrected chi connectivity index (χ4v) is 4.28. The lowest BCUT2D eigenvalue weighted by molar-refractivity contribution is 0.0606. The number of hydrogen-bond acceptors (Lipinski definition) is 6. The Morgan fingerprint density at radius 3 is 2.62 bits per heavy atom. The maximum Gasteiger partial charge on any atom is 0.411 e. The van der Waals surface area contributed by atoms with Crippen LogP contribution >= 0.6 is 11.6 Å². The van der Waals surface area contributed by atoms with Crippen LogP contribution in [0, 0.1) is 0 Å². The van der Waals surface area contributed by atoms with Gasteiger partial charge in [-0.15, -0.1) is 0 Å². The highest BCUT2D eigenvalue weighted by molar-refractivity contribution is 6.31. The Bertz CT molecular complexity index is 1010. The predicted molar refractivity (Wildman–Crippen MR) is 120 cm³/mol. The van der Waals surface area contributed by atoms with Gasteiger partial charge in [-0.1, -0.05) is 11.6 Å². The molecule has 0 bridgehead atoms. The highest BCUT2D eigenvalue weighted by Crippen LogP contribution is 2.34. The molecule has 0 saturated heterocycles. The number of amides is 2. The molecule has 0 atom stereocenters. The number of anilines is 1. The van der Waals surface area contributed by atoms with Crippen LogP contribution in [0.5, 0.6) is 11.5 Å². The molecule has 0 aromatic heterocycles. The average Bonchev–Trinajstić information content (AvgIpc) is 3.27. The van der Waals surface area contributed by atoms with Gasteiger partial charge in [0.25, 0.3) is 5.91 Å². The molecule has 0 radical (unpaired) electrons. The zero-order valence-electron chi connectivity index (χ0n) is 17.8. The summed E-state index contributed by atoms with van der Waals surface area (Å²) in [7, 11) is 1.30. The number of fused-ring (bicyclic) bond motifs is 1. The minimum Gasteiger partial charge on any atom is -0.454 e. The smallest absolute Gasteiger partial charge is 0.411 e. The SMILES string of the molecule is COC(=O)Nc1ccc(Cl)c(CN(C(=O)c2ccc3c(c2)OCO3)C2CCC(N)CC2)c1. The van der Waals surface area contributed by atoms with Crippen molar-refractivity contribution < 1.29 is 23.8 Å². The molecule has 3 N–H and O–H groups in total. The third-order valence-corrected chi connectivity index (χ3v) is 6.25. The number of nitrogens with zero attached hydrogens (tertiary/aromatic N) is 1. The van der Waals surface area contributed by atoms with E-state index in [1.807, 2.05) is 4.90 Å². The van der Waals surface area contributed by atoms with E-state index < -0.39 is 6.09 Å². The lowest BCUT2D eigenvalue weighted by atomic mass is 9.90. The fourth-order valence-electron chi connectivity index (χ4n) is 4.10. The standard InChI is InChI=1S/C23H26ClN3O5/c1-30-23(29)26-17-5-8-19(24)15(10-17)12-27(18-6-3-16(25)4-7-18)22(28)14-2-9-20-21(11-14)32-13-31-20/h2,5,8-11,16,18H,3-4,6-7,12-13,25H2,1H3,(H,26,29). The summed E-state index contributed by atoms with van der Waals surface area (Å²) >= 11 is 6.46. The van der Waals surface area contributed by atoms with Crippen LogP contribution in [0.15, 0.2) is 36.4 Å². The van der Waals surface area contributed by atoms with E-state index in [0.717, 1.165) is 31.2 Å². The Labute approximate surface area is 191 Å². The van der Waals surface area contributed by atoms with Crippen LogP contribution in [0.2, 0.25) is 5.02 Å². The molecule has 1 fully saturated rings. The molecule has 1 aliphatic carbocycles. The summed E-state index contributed by atoms with van der Waals surface area (Å²) in [6.07, 6.45) is 2.76. The number of ether oxygens (including phenoxy) is 3. The van der Waals surface area contributed by atoms with Crippen LogP contribution in [0.1, 0.15) is 41.6 Å². The van der Waals surface area contributed by atoms with Crippen LogP contribution in [0.3, 0.4) is 0 Å². The zero-order valence-corrected chi connectivity index (χ0v) is 18.6. The molecule has 2 amide bonds. The Hall–Kier alpha value is -2.97. The maximum atomic E-state index is 13.6. The van der Waals surface area contributed by atoms with E-state index in [1.165, 1.54) is 7.11 Å². The second kappa shape index (κ2) is 9.67. The number of nitrogens with one attached hydrogen (secondary N) is 1. The fraction of sp³-hybridized carbons (Fsp3) is 0.391. The van der Waals surface area contributed by atoms with Gasteiger partial charge in [0.1, 0.15) is 0 Å². The minimum absolute atomic E-state index is 0.0287. The van der Waals surface area contributed by atoms with Gasteiger partial charge in [-0.25, -0.2) is 4.79 Å². The monoisotopic (exact) mass is 459 g/mol. The Morgan fingerprint density at radius 1 is 1.12 bits per heavy atom. The van der Waals surface area contributed by atoms with Gasteiger partial charge in [0, 0.05) is 34.9 Å². The van der Waals surface area contributed by atoms with Crippen molar-refractivity contribution in [3.05, 3.63) is 52.5 Å². The van der Waals surface area contributed by atoms with Crippen molar-refractivity contribution in [2.75, 3.05) is 19.2 Å². The van der Waals surface area contributed by atoms with Crippen LogP contribution in [0.4, 0.5) is 10.5 Å². The molecule has 2 aromatic rings.